The molecule has 0 heterocycles. The third-order valence-corrected chi connectivity index (χ3v) is 3.60. The summed E-state index contributed by atoms with van der Waals surface area (Å²) < 4.78 is 5.23. The van der Waals surface area contributed by atoms with Crippen molar-refractivity contribution in [3.8, 4) is 0 Å². The highest BCUT2D eigenvalue weighted by Crippen LogP contribution is 2.30. The molecule has 20 heavy (non-hydrogen) atoms. The molecule has 0 spiro atoms. The van der Waals surface area contributed by atoms with E-state index in [0.717, 1.165) is 19.3 Å². The van der Waals surface area contributed by atoms with Crippen LogP contribution in [-0.4, -0.2) is 25.0 Å². The molecule has 0 radical (unpaired) electrons. The van der Waals surface area contributed by atoms with Crippen LogP contribution in [0.25, 0.3) is 0 Å². The number of rotatable bonds is 9. The van der Waals surface area contributed by atoms with Crippen LogP contribution in [-0.2, 0) is 14.3 Å². The molecule has 0 aliphatic heterocycles. The van der Waals surface area contributed by atoms with Crippen LogP contribution in [0, 0.1) is 11.3 Å². The van der Waals surface area contributed by atoms with Crippen molar-refractivity contribution >= 4 is 11.9 Å². The largest absolute Gasteiger partial charge is 0.464 e. The van der Waals surface area contributed by atoms with E-state index in [1.165, 1.54) is 0 Å². The Morgan fingerprint density at radius 2 is 1.90 bits per heavy atom. The molecule has 1 unspecified atom stereocenters. The van der Waals surface area contributed by atoms with Crippen LogP contribution in [0.3, 0.4) is 0 Å². The average Bonchev–Trinajstić information content (AvgIpc) is 2.40. The van der Waals surface area contributed by atoms with Crippen molar-refractivity contribution in [2.75, 3.05) is 13.2 Å². The number of nitrogens with one attached hydrogen (secondary N) is 1. The van der Waals surface area contributed by atoms with E-state index in [1.54, 1.807) is 6.92 Å². The minimum atomic E-state index is -0.208. The first-order valence-corrected chi connectivity index (χ1v) is 7.33. The van der Waals surface area contributed by atoms with Gasteiger partial charge in [0.1, 0.15) is 6.61 Å². The Morgan fingerprint density at radius 1 is 1.30 bits per heavy atom. The minimum Gasteiger partial charge on any atom is -0.464 e. The zero-order valence-electron chi connectivity index (χ0n) is 13.5. The maximum Gasteiger partial charge on any atom is 0.309 e. The predicted molar refractivity (Wildman–Crippen MR) is 81.3 cm³/mol. The Morgan fingerprint density at radius 3 is 2.35 bits per heavy atom. The first-order chi connectivity index (χ1) is 9.23. The van der Waals surface area contributed by atoms with Gasteiger partial charge in [0.2, 0.25) is 5.91 Å². The summed E-state index contributed by atoms with van der Waals surface area (Å²) in [6.07, 6.45) is 2.64. The Labute approximate surface area is 123 Å². The number of hydrogen-bond donors (Lipinski definition) is 1. The van der Waals surface area contributed by atoms with Crippen LogP contribution in [0.2, 0.25) is 0 Å². The molecule has 0 aromatic carbocycles. The second-order valence-electron chi connectivity index (χ2n) is 6.03. The maximum absolute atomic E-state index is 12.0. The normalized spacial score (nSPS) is 12.7. The molecule has 4 nitrogen and oxygen atoms in total. The van der Waals surface area contributed by atoms with Gasteiger partial charge in [-0.3, -0.25) is 9.59 Å². The molecule has 0 aliphatic rings. The van der Waals surface area contributed by atoms with Gasteiger partial charge in [0.05, 0.1) is 12.5 Å². The van der Waals surface area contributed by atoms with E-state index in [4.69, 9.17) is 4.74 Å². The van der Waals surface area contributed by atoms with E-state index in [-0.39, 0.29) is 29.8 Å². The summed E-state index contributed by atoms with van der Waals surface area (Å²) in [6, 6.07) is 0. The highest BCUT2D eigenvalue weighted by atomic mass is 16.5. The van der Waals surface area contributed by atoms with Gasteiger partial charge < -0.3 is 10.1 Å². The Balaban J connectivity index is 4.11. The monoisotopic (exact) mass is 283 g/mol. The molecule has 0 fully saturated rings. The first kappa shape index (κ1) is 18.7. The molecule has 0 saturated heterocycles. The molecular weight excluding hydrogens is 254 g/mol. The third kappa shape index (κ3) is 7.31. The molecule has 1 atom stereocenters. The molecule has 0 aromatic heterocycles. The summed E-state index contributed by atoms with van der Waals surface area (Å²) in [5.41, 5.74) is 0.598. The van der Waals surface area contributed by atoms with Crippen molar-refractivity contribution in [1.29, 1.82) is 0 Å². The molecule has 0 saturated carbocycles. The van der Waals surface area contributed by atoms with Crippen molar-refractivity contribution < 1.29 is 14.3 Å². The van der Waals surface area contributed by atoms with Gasteiger partial charge in [-0.25, -0.2) is 0 Å². The van der Waals surface area contributed by atoms with Crippen molar-refractivity contribution in [3.05, 3.63) is 12.2 Å². The van der Waals surface area contributed by atoms with Crippen LogP contribution < -0.4 is 5.32 Å². The number of ether oxygens (including phenoxy) is 1. The van der Waals surface area contributed by atoms with Crippen LogP contribution in [0.4, 0.5) is 0 Å². The molecule has 1 amide bonds. The zero-order valence-corrected chi connectivity index (χ0v) is 13.5. The molecule has 0 rings (SSSR count). The number of carbonyl (C=O) groups excluding carboxylic acids is 2. The molecular formula is C16H29NO3. The predicted octanol–water partition coefficient (Wildman–Crippen LogP) is 3.07. The van der Waals surface area contributed by atoms with Gasteiger partial charge in [-0.15, -0.1) is 0 Å². The van der Waals surface area contributed by atoms with Gasteiger partial charge >= 0.3 is 5.97 Å². The summed E-state index contributed by atoms with van der Waals surface area (Å²) in [5.74, 6) is -0.444. The molecule has 0 aromatic rings. The lowest BCUT2D eigenvalue weighted by molar-refractivity contribution is -0.150. The van der Waals surface area contributed by atoms with Gasteiger partial charge in [0.25, 0.3) is 0 Å². The second kappa shape index (κ2) is 8.77. The lowest BCUT2D eigenvalue weighted by Gasteiger charge is -2.27. The van der Waals surface area contributed by atoms with Gasteiger partial charge in [-0.05, 0) is 25.2 Å². The highest BCUT2D eigenvalue weighted by molar-refractivity contribution is 5.92. The fourth-order valence-electron chi connectivity index (χ4n) is 1.79. The standard InChI is InChI=1S/C16H29NO3/c1-7-13(11-16(5,6)8-2)15(19)20-10-9-17-14(18)12(3)4/h13H,3,7-11H2,1-2,4-6H3,(H,17,18). The Hall–Kier alpha value is -1.32. The number of esters is 1. The number of carbonyl (C=O) groups is 2. The summed E-state index contributed by atoms with van der Waals surface area (Å²) in [5, 5.41) is 2.64. The highest BCUT2D eigenvalue weighted by Gasteiger charge is 2.26. The van der Waals surface area contributed by atoms with Gasteiger partial charge in [-0.1, -0.05) is 40.7 Å². The topological polar surface area (TPSA) is 55.4 Å². The molecule has 1 N–H and O–H groups in total. The molecule has 4 heteroatoms. The number of hydrogen-bond acceptors (Lipinski definition) is 3. The fraction of sp³-hybridized carbons (Fsp3) is 0.750. The fourth-order valence-corrected chi connectivity index (χ4v) is 1.79. The van der Waals surface area contributed by atoms with Crippen molar-refractivity contribution in [2.24, 2.45) is 11.3 Å². The lowest BCUT2D eigenvalue weighted by Crippen LogP contribution is -2.30. The molecule has 0 bridgehead atoms. The first-order valence-electron chi connectivity index (χ1n) is 7.33. The van der Waals surface area contributed by atoms with E-state index in [0.29, 0.717) is 12.1 Å². The van der Waals surface area contributed by atoms with Crippen molar-refractivity contribution in [3.63, 3.8) is 0 Å². The average molecular weight is 283 g/mol. The zero-order chi connectivity index (χ0) is 15.8. The SMILES string of the molecule is C=C(C)C(=O)NCCOC(=O)C(CC)CC(C)(C)CC. The van der Waals surface area contributed by atoms with Crippen LogP contribution in [0.1, 0.15) is 53.9 Å². The maximum atomic E-state index is 12.0. The van der Waals surface area contributed by atoms with Crippen molar-refractivity contribution in [1.82, 2.24) is 5.32 Å². The van der Waals surface area contributed by atoms with Crippen LogP contribution >= 0.6 is 0 Å². The van der Waals surface area contributed by atoms with Gasteiger partial charge in [-0.2, -0.15) is 0 Å². The van der Waals surface area contributed by atoms with E-state index >= 15 is 0 Å². The summed E-state index contributed by atoms with van der Waals surface area (Å²) in [7, 11) is 0. The van der Waals surface area contributed by atoms with Crippen molar-refractivity contribution in [2.45, 2.75) is 53.9 Å². The minimum absolute atomic E-state index is 0.0678. The van der Waals surface area contributed by atoms with Crippen LogP contribution in [0.15, 0.2) is 12.2 Å². The van der Waals surface area contributed by atoms with E-state index in [9.17, 15) is 9.59 Å². The Bertz CT molecular complexity index is 348. The van der Waals surface area contributed by atoms with Crippen LogP contribution in [0.5, 0.6) is 0 Å². The summed E-state index contributed by atoms with van der Waals surface area (Å²) in [4.78, 5) is 23.2. The number of amides is 1. The smallest absolute Gasteiger partial charge is 0.309 e. The lowest BCUT2D eigenvalue weighted by atomic mass is 9.80. The molecule has 116 valence electrons. The van der Waals surface area contributed by atoms with E-state index < -0.39 is 0 Å². The summed E-state index contributed by atoms with van der Waals surface area (Å²) >= 11 is 0. The van der Waals surface area contributed by atoms with E-state index in [2.05, 4.69) is 32.7 Å². The third-order valence-electron chi connectivity index (χ3n) is 3.60. The summed E-state index contributed by atoms with van der Waals surface area (Å²) in [6.45, 7) is 14.2. The van der Waals surface area contributed by atoms with Gasteiger partial charge in [0.15, 0.2) is 0 Å². The quantitative estimate of drug-likeness (QED) is 0.402. The van der Waals surface area contributed by atoms with E-state index in [1.807, 2.05) is 6.92 Å². The Kier molecular flexibility index (Phi) is 8.19. The van der Waals surface area contributed by atoms with Gasteiger partial charge in [0, 0.05) is 5.57 Å². The second-order valence-corrected chi connectivity index (χ2v) is 6.03. The molecule has 0 aliphatic carbocycles.